The van der Waals surface area contributed by atoms with Gasteiger partial charge in [0.15, 0.2) is 0 Å². The molecule has 0 aromatic heterocycles. The summed E-state index contributed by atoms with van der Waals surface area (Å²) in [7, 11) is 4.20. The molecule has 4 bridgehead atoms. The molecular formula is C21H32N2. The van der Waals surface area contributed by atoms with Crippen LogP contribution in [0.1, 0.15) is 57.9 Å². The van der Waals surface area contributed by atoms with E-state index in [9.17, 15) is 0 Å². The number of hydrogen-bond donors (Lipinski definition) is 1. The fourth-order valence-electron chi connectivity index (χ4n) is 6.85. The summed E-state index contributed by atoms with van der Waals surface area (Å²) in [6.07, 6.45) is 8.60. The number of nitrogens with zero attached hydrogens (tertiary/aromatic N) is 1. The first-order valence-electron chi connectivity index (χ1n) is 9.30. The Labute approximate surface area is 141 Å². The summed E-state index contributed by atoms with van der Waals surface area (Å²) in [5.41, 5.74) is 4.29. The predicted molar refractivity (Wildman–Crippen MR) is 97.7 cm³/mol. The van der Waals surface area contributed by atoms with Gasteiger partial charge in [0.1, 0.15) is 0 Å². The summed E-state index contributed by atoms with van der Waals surface area (Å²) in [6, 6.07) is 9.04. The minimum Gasteiger partial charge on any atom is -0.378 e. The molecule has 4 saturated carbocycles. The maximum absolute atomic E-state index is 4.03. The third-order valence-electron chi connectivity index (χ3n) is 6.75. The maximum Gasteiger partial charge on any atom is 0.0361 e. The Bertz CT molecular complexity index is 570. The van der Waals surface area contributed by atoms with E-state index in [4.69, 9.17) is 0 Å². The molecule has 4 aliphatic rings. The Morgan fingerprint density at radius 1 is 0.957 bits per heavy atom. The van der Waals surface area contributed by atoms with Gasteiger partial charge in [-0.3, -0.25) is 0 Å². The minimum atomic E-state index is 0.406. The van der Waals surface area contributed by atoms with Crippen molar-refractivity contribution in [3.05, 3.63) is 29.8 Å². The van der Waals surface area contributed by atoms with E-state index in [-0.39, 0.29) is 0 Å². The SMILES string of the molecule is CN(C)c1ccc(CNC23CC4C[C@@](C)(C2)C[C@](C)(C4)C3)cc1. The quantitative estimate of drug-likeness (QED) is 0.874. The fraction of sp³-hybridized carbons (Fsp3) is 0.714. The molecule has 2 heteroatoms. The topological polar surface area (TPSA) is 15.3 Å². The predicted octanol–water partition coefficient (Wildman–Crippen LogP) is 4.59. The van der Waals surface area contributed by atoms with Crippen molar-refractivity contribution >= 4 is 5.69 Å². The van der Waals surface area contributed by atoms with Gasteiger partial charge < -0.3 is 10.2 Å². The molecule has 2 nitrogen and oxygen atoms in total. The van der Waals surface area contributed by atoms with Crippen LogP contribution in [0.4, 0.5) is 5.69 Å². The van der Waals surface area contributed by atoms with Gasteiger partial charge in [-0.15, -0.1) is 0 Å². The van der Waals surface area contributed by atoms with Crippen molar-refractivity contribution in [1.82, 2.24) is 5.32 Å². The molecule has 0 saturated heterocycles. The van der Waals surface area contributed by atoms with Crippen molar-refractivity contribution in [2.45, 2.75) is 64.5 Å². The fourth-order valence-corrected chi connectivity index (χ4v) is 6.85. The van der Waals surface area contributed by atoms with Crippen molar-refractivity contribution in [1.29, 1.82) is 0 Å². The second-order valence-corrected chi connectivity index (χ2v) is 9.82. The zero-order valence-corrected chi connectivity index (χ0v) is 15.3. The van der Waals surface area contributed by atoms with Gasteiger partial charge in [0.2, 0.25) is 0 Å². The van der Waals surface area contributed by atoms with Crippen molar-refractivity contribution < 1.29 is 0 Å². The molecule has 4 fully saturated rings. The molecule has 1 N–H and O–H groups in total. The summed E-state index contributed by atoms with van der Waals surface area (Å²) in [6.45, 7) is 6.13. The van der Waals surface area contributed by atoms with Crippen LogP contribution in [-0.4, -0.2) is 19.6 Å². The van der Waals surface area contributed by atoms with Crippen molar-refractivity contribution in [3.8, 4) is 0 Å². The average Bonchev–Trinajstić information content (AvgIpc) is 2.42. The van der Waals surface area contributed by atoms with Crippen LogP contribution >= 0.6 is 0 Å². The lowest BCUT2D eigenvalue weighted by Crippen LogP contribution is -2.63. The monoisotopic (exact) mass is 312 g/mol. The molecule has 0 amide bonds. The lowest BCUT2D eigenvalue weighted by molar-refractivity contribution is -0.118. The van der Waals surface area contributed by atoms with Gasteiger partial charge in [0, 0.05) is 31.9 Å². The van der Waals surface area contributed by atoms with Crippen LogP contribution in [0, 0.1) is 16.7 Å². The van der Waals surface area contributed by atoms with E-state index in [2.05, 4.69) is 62.4 Å². The molecule has 1 aromatic carbocycles. The molecule has 126 valence electrons. The van der Waals surface area contributed by atoms with E-state index in [1.807, 2.05) is 0 Å². The van der Waals surface area contributed by atoms with Crippen LogP contribution in [-0.2, 0) is 6.54 Å². The lowest BCUT2D eigenvalue weighted by atomic mass is 9.43. The molecule has 2 unspecified atom stereocenters. The first-order valence-corrected chi connectivity index (χ1v) is 9.30. The highest BCUT2D eigenvalue weighted by molar-refractivity contribution is 5.46. The molecule has 0 spiro atoms. The van der Waals surface area contributed by atoms with Gasteiger partial charge in [-0.05, 0) is 73.0 Å². The molecule has 0 aliphatic heterocycles. The molecule has 0 heterocycles. The molecule has 5 rings (SSSR count). The standard InChI is InChI=1S/C21H32N2/c1-19-9-17-10-20(2,13-19)15-21(11-17,14-19)22-12-16-5-7-18(8-6-16)23(3)4/h5-8,17,22H,9-15H2,1-4H3/t17?,19-,20+,21?. The summed E-state index contributed by atoms with van der Waals surface area (Å²) in [5, 5.41) is 4.03. The van der Waals surface area contributed by atoms with Gasteiger partial charge in [-0.2, -0.15) is 0 Å². The van der Waals surface area contributed by atoms with Crippen LogP contribution < -0.4 is 10.2 Å². The Kier molecular flexibility index (Phi) is 3.36. The Balaban J connectivity index is 1.48. The zero-order chi connectivity index (χ0) is 16.3. The third kappa shape index (κ3) is 2.80. The van der Waals surface area contributed by atoms with E-state index in [0.29, 0.717) is 16.4 Å². The first kappa shape index (κ1) is 15.5. The summed E-state index contributed by atoms with van der Waals surface area (Å²) < 4.78 is 0. The van der Waals surface area contributed by atoms with Gasteiger partial charge in [0.05, 0.1) is 0 Å². The molecule has 4 aliphatic carbocycles. The Hall–Kier alpha value is -1.02. The van der Waals surface area contributed by atoms with Crippen LogP contribution in [0.2, 0.25) is 0 Å². The van der Waals surface area contributed by atoms with Gasteiger partial charge in [-0.1, -0.05) is 26.0 Å². The lowest BCUT2D eigenvalue weighted by Gasteiger charge is -2.65. The minimum absolute atomic E-state index is 0.406. The largest absolute Gasteiger partial charge is 0.378 e. The molecular weight excluding hydrogens is 280 g/mol. The Morgan fingerprint density at radius 2 is 1.57 bits per heavy atom. The molecule has 1 aromatic rings. The maximum atomic E-state index is 4.03. The molecule has 23 heavy (non-hydrogen) atoms. The van der Waals surface area contributed by atoms with Crippen LogP contribution in [0.5, 0.6) is 0 Å². The highest BCUT2D eigenvalue weighted by atomic mass is 15.1. The van der Waals surface area contributed by atoms with Gasteiger partial charge in [0.25, 0.3) is 0 Å². The van der Waals surface area contributed by atoms with Crippen molar-refractivity contribution in [2.75, 3.05) is 19.0 Å². The normalized spacial score (nSPS) is 41.3. The summed E-state index contributed by atoms with van der Waals surface area (Å²) in [5.74, 6) is 0.963. The van der Waals surface area contributed by atoms with Crippen molar-refractivity contribution in [2.24, 2.45) is 16.7 Å². The van der Waals surface area contributed by atoms with E-state index in [1.54, 1.807) is 0 Å². The number of anilines is 1. The second-order valence-electron chi connectivity index (χ2n) is 9.82. The average molecular weight is 313 g/mol. The number of benzene rings is 1. The number of hydrogen-bond acceptors (Lipinski definition) is 2. The third-order valence-corrected chi connectivity index (χ3v) is 6.75. The van der Waals surface area contributed by atoms with Crippen molar-refractivity contribution in [3.63, 3.8) is 0 Å². The highest BCUT2D eigenvalue weighted by Crippen LogP contribution is 2.66. The molecule has 4 atom stereocenters. The van der Waals surface area contributed by atoms with E-state index < -0.39 is 0 Å². The molecule has 0 radical (unpaired) electrons. The van der Waals surface area contributed by atoms with Gasteiger partial charge >= 0.3 is 0 Å². The smallest absolute Gasteiger partial charge is 0.0361 e. The van der Waals surface area contributed by atoms with Crippen LogP contribution in [0.15, 0.2) is 24.3 Å². The van der Waals surface area contributed by atoms with Gasteiger partial charge in [-0.25, -0.2) is 0 Å². The highest BCUT2D eigenvalue weighted by Gasteiger charge is 2.59. The van der Waals surface area contributed by atoms with Crippen LogP contribution in [0.25, 0.3) is 0 Å². The summed E-state index contributed by atoms with van der Waals surface area (Å²) in [4.78, 5) is 2.16. The zero-order valence-electron chi connectivity index (χ0n) is 15.3. The second kappa shape index (κ2) is 4.99. The first-order chi connectivity index (χ1) is 10.8. The number of rotatable bonds is 4. The number of nitrogens with one attached hydrogen (secondary N) is 1. The Morgan fingerprint density at radius 3 is 2.09 bits per heavy atom. The summed E-state index contributed by atoms with van der Waals surface area (Å²) >= 11 is 0. The van der Waals surface area contributed by atoms with E-state index >= 15 is 0 Å². The van der Waals surface area contributed by atoms with E-state index in [0.717, 1.165) is 12.5 Å². The van der Waals surface area contributed by atoms with E-state index in [1.165, 1.54) is 49.8 Å². The van der Waals surface area contributed by atoms with Crippen LogP contribution in [0.3, 0.4) is 0 Å².